The fraction of sp³-hybridized carbons (Fsp3) is 0.808. The molecule has 0 unspecified atom stereocenters. The molecule has 156 valence electrons. The minimum Gasteiger partial charge on any atom is -0.205 e. The van der Waals surface area contributed by atoms with Crippen LogP contribution in [0.5, 0.6) is 0 Å². The Kier molecular flexibility index (Phi) is 16.6. The molecule has 1 rings (SSSR count). The van der Waals surface area contributed by atoms with Gasteiger partial charge in [0.15, 0.2) is 12.4 Å². The van der Waals surface area contributed by atoms with Crippen molar-refractivity contribution in [2.75, 3.05) is 0 Å². The van der Waals surface area contributed by atoms with Crippen molar-refractivity contribution in [1.29, 1.82) is 0 Å². The maximum Gasteiger partial charge on any atom is 0.169 e. The third kappa shape index (κ3) is 14.8. The fourth-order valence-electron chi connectivity index (χ4n) is 3.94. The second kappa shape index (κ2) is 18.5. The van der Waals surface area contributed by atoms with E-state index >= 15 is 0 Å². The van der Waals surface area contributed by atoms with Crippen LogP contribution in [0.2, 0.25) is 0 Å². The first-order valence-corrected chi connectivity index (χ1v) is 12.3. The molecular weight excluding hydrogens is 326 g/mol. The van der Waals surface area contributed by atoms with Gasteiger partial charge in [-0.05, 0) is 18.4 Å². The minimum absolute atomic E-state index is 1.19. The van der Waals surface area contributed by atoms with Gasteiger partial charge < -0.3 is 0 Å². The Labute approximate surface area is 171 Å². The van der Waals surface area contributed by atoms with Crippen molar-refractivity contribution < 1.29 is 4.57 Å². The predicted molar refractivity (Wildman–Crippen MR) is 120 cm³/mol. The van der Waals surface area contributed by atoms with E-state index in [-0.39, 0.29) is 0 Å². The number of hydrogen-bond donors (Lipinski definition) is 0. The van der Waals surface area contributed by atoms with Crippen LogP contribution >= 0.6 is 0 Å². The maximum atomic E-state index is 2.35. The standard InChI is InChI=1S/C26H48N/c1-3-5-6-7-8-9-10-11-12-13-14-15-16-17-18-19-23-27-24-21-26(20-4-2)22-25-27/h21-22,24-25H,3-20,23H2,1-2H3/q+1. The Morgan fingerprint density at radius 2 is 0.926 bits per heavy atom. The molecule has 1 aromatic rings. The van der Waals surface area contributed by atoms with Gasteiger partial charge in [-0.15, -0.1) is 0 Å². The highest BCUT2D eigenvalue weighted by Gasteiger charge is 2.01. The lowest BCUT2D eigenvalue weighted by molar-refractivity contribution is -0.697. The van der Waals surface area contributed by atoms with E-state index < -0.39 is 0 Å². The third-order valence-electron chi connectivity index (χ3n) is 5.77. The van der Waals surface area contributed by atoms with E-state index in [0.29, 0.717) is 0 Å². The van der Waals surface area contributed by atoms with Crippen molar-refractivity contribution in [2.24, 2.45) is 0 Å². The zero-order valence-corrected chi connectivity index (χ0v) is 18.7. The van der Waals surface area contributed by atoms with E-state index in [1.807, 2.05) is 0 Å². The maximum absolute atomic E-state index is 2.35. The number of aryl methyl sites for hydroxylation is 2. The molecule has 1 heteroatoms. The topological polar surface area (TPSA) is 3.88 Å². The molecular formula is C26H48N+. The molecule has 1 heterocycles. The zero-order chi connectivity index (χ0) is 19.4. The number of aromatic nitrogens is 1. The molecule has 0 aliphatic rings. The van der Waals surface area contributed by atoms with Crippen molar-refractivity contribution in [3.63, 3.8) is 0 Å². The molecule has 0 saturated heterocycles. The normalized spacial score (nSPS) is 11.2. The lowest BCUT2D eigenvalue weighted by atomic mass is 10.0. The zero-order valence-electron chi connectivity index (χ0n) is 18.7. The third-order valence-corrected chi connectivity index (χ3v) is 5.77. The molecule has 0 radical (unpaired) electrons. The largest absolute Gasteiger partial charge is 0.205 e. The van der Waals surface area contributed by atoms with E-state index in [1.54, 1.807) is 0 Å². The first kappa shape index (κ1) is 24.2. The van der Waals surface area contributed by atoms with Crippen LogP contribution in [0, 0.1) is 0 Å². The van der Waals surface area contributed by atoms with Crippen molar-refractivity contribution in [3.8, 4) is 0 Å². The van der Waals surface area contributed by atoms with Crippen LogP contribution in [0.3, 0.4) is 0 Å². The summed E-state index contributed by atoms with van der Waals surface area (Å²) in [6.45, 7) is 5.73. The van der Waals surface area contributed by atoms with Gasteiger partial charge in [0, 0.05) is 18.6 Å². The van der Waals surface area contributed by atoms with Gasteiger partial charge in [0.25, 0.3) is 0 Å². The summed E-state index contributed by atoms with van der Waals surface area (Å²) in [6.07, 6.45) is 30.0. The van der Waals surface area contributed by atoms with Gasteiger partial charge in [-0.25, -0.2) is 4.57 Å². The Bertz CT molecular complexity index is 409. The van der Waals surface area contributed by atoms with Gasteiger partial charge in [-0.3, -0.25) is 0 Å². The number of unbranched alkanes of at least 4 members (excludes halogenated alkanes) is 15. The molecule has 27 heavy (non-hydrogen) atoms. The van der Waals surface area contributed by atoms with Crippen molar-refractivity contribution in [1.82, 2.24) is 0 Å². The van der Waals surface area contributed by atoms with Crippen LogP contribution in [0.15, 0.2) is 24.5 Å². The van der Waals surface area contributed by atoms with E-state index in [4.69, 9.17) is 0 Å². The second-order valence-corrected chi connectivity index (χ2v) is 8.50. The second-order valence-electron chi connectivity index (χ2n) is 8.50. The van der Waals surface area contributed by atoms with Gasteiger partial charge in [0.2, 0.25) is 0 Å². The first-order valence-electron chi connectivity index (χ1n) is 12.3. The lowest BCUT2D eigenvalue weighted by Gasteiger charge is -2.03. The average Bonchev–Trinajstić information content (AvgIpc) is 2.69. The molecule has 1 aromatic heterocycles. The Morgan fingerprint density at radius 1 is 0.519 bits per heavy atom. The number of nitrogens with zero attached hydrogens (tertiary/aromatic N) is 1. The lowest BCUT2D eigenvalue weighted by Crippen LogP contribution is -2.32. The summed E-state index contributed by atoms with van der Waals surface area (Å²) in [5.41, 5.74) is 1.47. The molecule has 1 nitrogen and oxygen atoms in total. The Hall–Kier alpha value is -0.850. The minimum atomic E-state index is 1.19. The van der Waals surface area contributed by atoms with Crippen molar-refractivity contribution in [3.05, 3.63) is 30.1 Å². The predicted octanol–water partition coefficient (Wildman–Crippen LogP) is 8.19. The van der Waals surface area contributed by atoms with Crippen molar-refractivity contribution >= 4 is 0 Å². The molecule has 0 atom stereocenters. The smallest absolute Gasteiger partial charge is 0.169 e. The van der Waals surface area contributed by atoms with Crippen molar-refractivity contribution in [2.45, 2.75) is 136 Å². The molecule has 0 aliphatic carbocycles. The van der Waals surface area contributed by atoms with Gasteiger partial charge in [0.05, 0.1) is 0 Å². The number of hydrogen-bond acceptors (Lipinski definition) is 0. The summed E-state index contributed by atoms with van der Waals surface area (Å²) in [4.78, 5) is 0. The molecule has 0 aromatic carbocycles. The summed E-state index contributed by atoms with van der Waals surface area (Å²) >= 11 is 0. The average molecular weight is 375 g/mol. The monoisotopic (exact) mass is 374 g/mol. The van der Waals surface area contributed by atoms with E-state index in [2.05, 4.69) is 42.9 Å². The van der Waals surface area contributed by atoms with Crippen LogP contribution in [0.1, 0.15) is 129 Å². The van der Waals surface area contributed by atoms with Crippen LogP contribution in [-0.2, 0) is 13.0 Å². The molecule has 0 N–H and O–H groups in total. The summed E-state index contributed by atoms with van der Waals surface area (Å²) in [5.74, 6) is 0. The van der Waals surface area contributed by atoms with Gasteiger partial charge in [-0.1, -0.05) is 110 Å². The number of rotatable bonds is 19. The molecule has 0 aliphatic heterocycles. The molecule has 0 bridgehead atoms. The van der Waals surface area contributed by atoms with E-state index in [9.17, 15) is 0 Å². The fourth-order valence-corrected chi connectivity index (χ4v) is 3.94. The van der Waals surface area contributed by atoms with Crippen LogP contribution in [-0.4, -0.2) is 0 Å². The molecule has 0 spiro atoms. The number of pyridine rings is 1. The summed E-state index contributed by atoms with van der Waals surface area (Å²) in [7, 11) is 0. The SMILES string of the molecule is CCCCCCCCCCCCCCCCCC[n+]1ccc(CCC)cc1. The highest BCUT2D eigenvalue weighted by molar-refractivity contribution is 5.06. The van der Waals surface area contributed by atoms with Crippen LogP contribution in [0.25, 0.3) is 0 Å². The molecule has 0 fully saturated rings. The van der Waals surface area contributed by atoms with Gasteiger partial charge >= 0.3 is 0 Å². The summed E-state index contributed by atoms with van der Waals surface area (Å²) < 4.78 is 2.35. The van der Waals surface area contributed by atoms with Gasteiger partial charge in [0.1, 0.15) is 6.54 Å². The molecule has 0 saturated carbocycles. The van der Waals surface area contributed by atoms with Gasteiger partial charge in [-0.2, -0.15) is 0 Å². The quantitative estimate of drug-likeness (QED) is 0.170. The van der Waals surface area contributed by atoms with Crippen LogP contribution in [0.4, 0.5) is 0 Å². The van der Waals surface area contributed by atoms with E-state index in [0.717, 1.165) is 0 Å². The Morgan fingerprint density at radius 3 is 1.33 bits per heavy atom. The highest BCUT2D eigenvalue weighted by atomic mass is 14.9. The summed E-state index contributed by atoms with van der Waals surface area (Å²) in [5, 5.41) is 0. The Balaban J connectivity index is 1.79. The first-order chi connectivity index (χ1) is 13.4. The summed E-state index contributed by atoms with van der Waals surface area (Å²) in [6, 6.07) is 4.58. The molecule has 0 amide bonds. The van der Waals surface area contributed by atoms with Crippen LogP contribution < -0.4 is 4.57 Å². The highest BCUT2D eigenvalue weighted by Crippen LogP contribution is 2.13. The van der Waals surface area contributed by atoms with E-state index in [1.165, 1.54) is 128 Å².